The predicted molar refractivity (Wildman–Crippen MR) is 80.4 cm³/mol. The van der Waals surface area contributed by atoms with Gasteiger partial charge in [0.15, 0.2) is 0 Å². The molecule has 4 heteroatoms. The van der Waals surface area contributed by atoms with Crippen LogP contribution in [0.25, 0.3) is 0 Å². The van der Waals surface area contributed by atoms with Crippen LogP contribution in [0.5, 0.6) is 0 Å². The molecule has 3 rings (SSSR count). The fraction of sp³-hybridized carbons (Fsp3) is 0.562. The van der Waals surface area contributed by atoms with Crippen molar-refractivity contribution in [3.8, 4) is 0 Å². The van der Waals surface area contributed by atoms with Crippen LogP contribution in [0.3, 0.4) is 0 Å². The number of benzene rings is 1. The van der Waals surface area contributed by atoms with Gasteiger partial charge >= 0.3 is 0 Å². The van der Waals surface area contributed by atoms with Crippen LogP contribution in [-0.4, -0.2) is 25.0 Å². The summed E-state index contributed by atoms with van der Waals surface area (Å²) in [5.41, 5.74) is 7.62. The van der Waals surface area contributed by atoms with E-state index in [9.17, 15) is 4.79 Å². The van der Waals surface area contributed by atoms with Crippen molar-refractivity contribution >= 4 is 11.6 Å². The first-order chi connectivity index (χ1) is 9.57. The summed E-state index contributed by atoms with van der Waals surface area (Å²) in [4.78, 5) is 13.7. The van der Waals surface area contributed by atoms with Crippen LogP contribution in [0, 0.1) is 5.41 Å². The Balaban J connectivity index is 1.61. The number of primary amides is 1. The third-order valence-electron chi connectivity index (χ3n) is 4.54. The van der Waals surface area contributed by atoms with Gasteiger partial charge in [-0.05, 0) is 43.9 Å². The van der Waals surface area contributed by atoms with Gasteiger partial charge in [0.1, 0.15) is 0 Å². The minimum absolute atomic E-state index is 0.190. The number of rotatable bonds is 5. The molecule has 2 fully saturated rings. The molecule has 0 spiro atoms. The van der Waals surface area contributed by atoms with Gasteiger partial charge in [-0.1, -0.05) is 12.1 Å². The zero-order chi connectivity index (χ0) is 14.2. The van der Waals surface area contributed by atoms with Gasteiger partial charge in [0.2, 0.25) is 5.91 Å². The molecule has 20 heavy (non-hydrogen) atoms. The number of amides is 1. The van der Waals surface area contributed by atoms with Crippen LogP contribution >= 0.6 is 0 Å². The van der Waals surface area contributed by atoms with Crippen LogP contribution in [0.4, 0.5) is 5.69 Å². The Morgan fingerprint density at radius 3 is 2.65 bits per heavy atom. The first-order valence-electron chi connectivity index (χ1n) is 7.44. The number of anilines is 1. The molecule has 0 aromatic heterocycles. The number of nitrogens with zero attached hydrogens (tertiary/aromatic N) is 1. The number of nitrogens with two attached hydrogens (primary N) is 1. The predicted octanol–water partition coefficient (Wildman–Crippen LogP) is 1.64. The van der Waals surface area contributed by atoms with Crippen molar-refractivity contribution in [1.29, 1.82) is 0 Å². The second-order valence-electron chi connectivity index (χ2n) is 6.42. The van der Waals surface area contributed by atoms with Crippen LogP contribution in [-0.2, 0) is 11.3 Å². The quantitative estimate of drug-likeness (QED) is 0.857. The zero-order valence-corrected chi connectivity index (χ0v) is 12.1. The van der Waals surface area contributed by atoms with Crippen molar-refractivity contribution in [3.63, 3.8) is 0 Å². The average Bonchev–Trinajstić information content (AvgIpc) is 3.18. The zero-order valence-electron chi connectivity index (χ0n) is 12.1. The Hall–Kier alpha value is -1.55. The maximum absolute atomic E-state index is 11.5. The topological polar surface area (TPSA) is 58.4 Å². The molecule has 3 N–H and O–H groups in total. The lowest BCUT2D eigenvalue weighted by Gasteiger charge is -2.22. The summed E-state index contributed by atoms with van der Waals surface area (Å²) in [6.45, 7) is 4.54. The molecule has 2 aliphatic rings. The minimum atomic E-state index is -0.383. The third-order valence-corrected chi connectivity index (χ3v) is 4.54. The van der Waals surface area contributed by atoms with Gasteiger partial charge in [-0.3, -0.25) is 4.79 Å². The fourth-order valence-electron chi connectivity index (χ4n) is 2.76. The first-order valence-corrected chi connectivity index (χ1v) is 7.44. The maximum Gasteiger partial charge on any atom is 0.225 e. The number of hydrogen-bond acceptors (Lipinski definition) is 3. The van der Waals surface area contributed by atoms with Crippen molar-refractivity contribution in [2.75, 3.05) is 18.0 Å². The van der Waals surface area contributed by atoms with E-state index in [4.69, 9.17) is 5.73 Å². The van der Waals surface area contributed by atoms with Gasteiger partial charge in [0, 0.05) is 31.4 Å². The Bertz CT molecular complexity index is 495. The van der Waals surface area contributed by atoms with E-state index in [0.29, 0.717) is 0 Å². The fourth-order valence-corrected chi connectivity index (χ4v) is 2.76. The van der Waals surface area contributed by atoms with E-state index in [1.165, 1.54) is 24.1 Å². The Labute approximate surface area is 120 Å². The first kappa shape index (κ1) is 13.4. The summed E-state index contributed by atoms with van der Waals surface area (Å²) in [6.07, 6.45) is 3.47. The highest BCUT2D eigenvalue weighted by atomic mass is 16.1. The summed E-state index contributed by atoms with van der Waals surface area (Å²) in [6, 6.07) is 9.38. The molecular formula is C16H23N3O. The van der Waals surface area contributed by atoms with Crippen molar-refractivity contribution in [2.24, 2.45) is 11.1 Å². The standard InChI is InChI=1S/C16H23N3O/c1-16(15(17)20)8-9-19(11-16)14-6-2-12(3-7-14)10-18-13-4-5-13/h2-3,6-7,13,18H,4-5,8-11H2,1H3,(H2,17,20). The van der Waals surface area contributed by atoms with Gasteiger partial charge in [-0.15, -0.1) is 0 Å². The van der Waals surface area contributed by atoms with Gasteiger partial charge in [-0.25, -0.2) is 0 Å². The summed E-state index contributed by atoms with van der Waals surface area (Å²) >= 11 is 0. The third kappa shape index (κ3) is 2.80. The summed E-state index contributed by atoms with van der Waals surface area (Å²) < 4.78 is 0. The molecular weight excluding hydrogens is 250 g/mol. The lowest BCUT2D eigenvalue weighted by atomic mass is 9.89. The minimum Gasteiger partial charge on any atom is -0.370 e. The van der Waals surface area contributed by atoms with E-state index < -0.39 is 0 Å². The number of hydrogen-bond donors (Lipinski definition) is 2. The van der Waals surface area contributed by atoms with E-state index in [-0.39, 0.29) is 11.3 Å². The molecule has 4 nitrogen and oxygen atoms in total. The second kappa shape index (κ2) is 5.09. The van der Waals surface area contributed by atoms with Crippen LogP contribution < -0.4 is 16.0 Å². The summed E-state index contributed by atoms with van der Waals surface area (Å²) in [7, 11) is 0. The maximum atomic E-state index is 11.5. The van der Waals surface area contributed by atoms with Gasteiger partial charge in [-0.2, -0.15) is 0 Å². The molecule has 1 amide bonds. The normalized spacial score (nSPS) is 25.9. The van der Waals surface area contributed by atoms with Crippen molar-refractivity contribution in [2.45, 2.75) is 38.8 Å². The largest absolute Gasteiger partial charge is 0.370 e. The van der Waals surface area contributed by atoms with Gasteiger partial charge in [0.25, 0.3) is 0 Å². The molecule has 1 heterocycles. The molecule has 1 saturated carbocycles. The summed E-state index contributed by atoms with van der Waals surface area (Å²) in [5.74, 6) is -0.190. The van der Waals surface area contributed by atoms with E-state index >= 15 is 0 Å². The van der Waals surface area contributed by atoms with Crippen LogP contribution in [0.1, 0.15) is 31.7 Å². The Kier molecular flexibility index (Phi) is 3.42. The van der Waals surface area contributed by atoms with E-state index in [1.807, 2.05) is 6.92 Å². The highest BCUT2D eigenvalue weighted by Crippen LogP contribution is 2.33. The average molecular weight is 273 g/mol. The van der Waals surface area contributed by atoms with Crippen molar-refractivity contribution < 1.29 is 4.79 Å². The highest BCUT2D eigenvalue weighted by Gasteiger charge is 2.38. The highest BCUT2D eigenvalue weighted by molar-refractivity contribution is 5.82. The molecule has 108 valence electrons. The molecule has 1 aliphatic heterocycles. The molecule has 1 aromatic carbocycles. The SMILES string of the molecule is CC1(C(N)=O)CCN(c2ccc(CNC3CC3)cc2)C1. The lowest BCUT2D eigenvalue weighted by molar-refractivity contribution is -0.125. The van der Waals surface area contributed by atoms with Crippen molar-refractivity contribution in [3.05, 3.63) is 29.8 Å². The number of nitrogens with one attached hydrogen (secondary N) is 1. The Morgan fingerprint density at radius 2 is 2.10 bits per heavy atom. The molecule has 1 unspecified atom stereocenters. The molecule has 0 radical (unpaired) electrons. The van der Waals surface area contributed by atoms with E-state index in [1.54, 1.807) is 0 Å². The van der Waals surface area contributed by atoms with E-state index in [0.717, 1.165) is 32.1 Å². The van der Waals surface area contributed by atoms with Crippen LogP contribution in [0.2, 0.25) is 0 Å². The monoisotopic (exact) mass is 273 g/mol. The summed E-state index contributed by atoms with van der Waals surface area (Å²) in [5, 5.41) is 3.52. The molecule has 1 atom stereocenters. The number of carbonyl (C=O) groups excluding carboxylic acids is 1. The molecule has 1 saturated heterocycles. The Morgan fingerprint density at radius 1 is 1.40 bits per heavy atom. The van der Waals surface area contributed by atoms with Crippen molar-refractivity contribution in [1.82, 2.24) is 5.32 Å². The smallest absolute Gasteiger partial charge is 0.225 e. The second-order valence-corrected chi connectivity index (χ2v) is 6.42. The molecule has 1 aliphatic carbocycles. The van der Waals surface area contributed by atoms with Gasteiger partial charge in [0.05, 0.1) is 5.41 Å². The molecule has 1 aromatic rings. The lowest BCUT2D eigenvalue weighted by Crippen LogP contribution is -2.37. The van der Waals surface area contributed by atoms with Crippen LogP contribution in [0.15, 0.2) is 24.3 Å². The molecule has 0 bridgehead atoms. The van der Waals surface area contributed by atoms with E-state index in [2.05, 4.69) is 34.5 Å². The number of carbonyl (C=O) groups is 1. The van der Waals surface area contributed by atoms with Gasteiger partial charge < -0.3 is 16.0 Å².